The lowest BCUT2D eigenvalue weighted by Gasteiger charge is -2.17. The first kappa shape index (κ1) is 15.9. The third kappa shape index (κ3) is 4.03. The molecule has 0 amide bonds. The van der Waals surface area contributed by atoms with Crippen LogP contribution in [0, 0.1) is 25.7 Å². The van der Waals surface area contributed by atoms with E-state index in [1.54, 1.807) is 0 Å². The third-order valence-electron chi connectivity index (χ3n) is 3.22. The first-order valence-corrected chi connectivity index (χ1v) is 7.89. The molecule has 2 aromatic rings. The lowest BCUT2D eigenvalue weighted by atomic mass is 10.0. The average Bonchev–Trinajstić information content (AvgIpc) is 2.44. The van der Waals surface area contributed by atoms with E-state index < -0.39 is 0 Å². The number of nitrogens with one attached hydrogen (secondary N) is 1. The minimum Gasteiger partial charge on any atom is -0.368 e. The van der Waals surface area contributed by atoms with Gasteiger partial charge in [0.05, 0.1) is 0 Å². The summed E-state index contributed by atoms with van der Waals surface area (Å²) < 4.78 is 1.04. The maximum absolute atomic E-state index is 6.25. The van der Waals surface area contributed by atoms with E-state index in [2.05, 4.69) is 45.2 Å². The van der Waals surface area contributed by atoms with Gasteiger partial charge in [-0.1, -0.05) is 51.7 Å². The Morgan fingerprint density at radius 2 is 1.81 bits per heavy atom. The van der Waals surface area contributed by atoms with Crippen LogP contribution in [0.2, 0.25) is 5.02 Å². The van der Waals surface area contributed by atoms with Crippen molar-refractivity contribution in [3.05, 3.63) is 62.6 Å². The quantitative estimate of drug-likeness (QED) is 0.671. The van der Waals surface area contributed by atoms with Crippen LogP contribution in [0.4, 0.5) is 5.69 Å². The second-order valence-electron chi connectivity index (χ2n) is 4.95. The summed E-state index contributed by atoms with van der Waals surface area (Å²) in [4.78, 5) is 0. The van der Waals surface area contributed by atoms with Gasteiger partial charge in [0.25, 0.3) is 0 Å². The second-order valence-corrected chi connectivity index (χ2v) is 6.24. The van der Waals surface area contributed by atoms with E-state index in [0.717, 1.165) is 31.9 Å². The summed E-state index contributed by atoms with van der Waals surface area (Å²) in [5.41, 5.74) is 4.31. The summed E-state index contributed by atoms with van der Waals surface area (Å²) >= 11 is 9.74. The highest BCUT2D eigenvalue weighted by Gasteiger charge is 2.12. The van der Waals surface area contributed by atoms with Crippen LogP contribution in [0.5, 0.6) is 0 Å². The van der Waals surface area contributed by atoms with Crippen LogP contribution in [0.1, 0.15) is 29.7 Å². The van der Waals surface area contributed by atoms with E-state index in [1.807, 2.05) is 45.0 Å². The van der Waals surface area contributed by atoms with E-state index in [0.29, 0.717) is 0 Å². The molecule has 108 valence electrons. The molecule has 1 nitrogen and oxygen atoms in total. The molecular formula is C18H17BrClN. The van der Waals surface area contributed by atoms with E-state index in [9.17, 15) is 0 Å². The average molecular weight is 363 g/mol. The van der Waals surface area contributed by atoms with Gasteiger partial charge in [0.2, 0.25) is 0 Å². The van der Waals surface area contributed by atoms with Crippen LogP contribution in [0.15, 0.2) is 40.9 Å². The molecule has 0 aliphatic carbocycles. The molecule has 0 saturated carbocycles. The van der Waals surface area contributed by atoms with Gasteiger partial charge in [-0.05, 0) is 55.7 Å². The molecule has 21 heavy (non-hydrogen) atoms. The molecule has 1 atom stereocenters. The standard InChI is InChI=1S/C18H17BrClN/c1-4-6-17(21-16-8-5-7-15(19)11-16)14-9-12(2)18(20)13(3)10-14/h5,7-11,17,21H,1-3H3. The lowest BCUT2D eigenvalue weighted by Crippen LogP contribution is -2.09. The zero-order chi connectivity index (χ0) is 15.4. The zero-order valence-electron chi connectivity index (χ0n) is 12.3. The van der Waals surface area contributed by atoms with Crippen LogP contribution in [0.25, 0.3) is 0 Å². The minimum atomic E-state index is -0.0565. The molecular weight excluding hydrogens is 346 g/mol. The van der Waals surface area contributed by atoms with Gasteiger partial charge in [0.1, 0.15) is 6.04 Å². The van der Waals surface area contributed by atoms with Crippen LogP contribution in [-0.2, 0) is 0 Å². The van der Waals surface area contributed by atoms with Crippen molar-refractivity contribution < 1.29 is 0 Å². The van der Waals surface area contributed by atoms with Gasteiger partial charge >= 0.3 is 0 Å². The van der Waals surface area contributed by atoms with Crippen LogP contribution < -0.4 is 5.32 Å². The molecule has 0 spiro atoms. The lowest BCUT2D eigenvalue weighted by molar-refractivity contribution is 1.01. The van der Waals surface area contributed by atoms with Crippen molar-refractivity contribution in [3.63, 3.8) is 0 Å². The van der Waals surface area contributed by atoms with Crippen molar-refractivity contribution in [1.29, 1.82) is 0 Å². The third-order valence-corrected chi connectivity index (χ3v) is 4.31. The number of halogens is 2. The number of anilines is 1. The molecule has 0 heterocycles. The summed E-state index contributed by atoms with van der Waals surface area (Å²) in [6.07, 6.45) is 0. The van der Waals surface area contributed by atoms with Gasteiger partial charge < -0.3 is 5.32 Å². The molecule has 2 aromatic carbocycles. The molecule has 1 N–H and O–H groups in total. The molecule has 0 fully saturated rings. The van der Waals surface area contributed by atoms with Gasteiger partial charge in [0, 0.05) is 15.2 Å². The van der Waals surface area contributed by atoms with Crippen molar-refractivity contribution in [1.82, 2.24) is 0 Å². The van der Waals surface area contributed by atoms with Gasteiger partial charge in [-0.3, -0.25) is 0 Å². The summed E-state index contributed by atoms with van der Waals surface area (Å²) in [5, 5.41) is 4.29. The van der Waals surface area contributed by atoms with E-state index >= 15 is 0 Å². The molecule has 0 aromatic heterocycles. The van der Waals surface area contributed by atoms with Gasteiger partial charge in [0.15, 0.2) is 0 Å². The topological polar surface area (TPSA) is 12.0 Å². The molecule has 1 unspecified atom stereocenters. The zero-order valence-corrected chi connectivity index (χ0v) is 14.6. The molecule has 2 rings (SSSR count). The van der Waals surface area contributed by atoms with Crippen LogP contribution >= 0.6 is 27.5 Å². The van der Waals surface area contributed by atoms with Crippen molar-refractivity contribution in [2.75, 3.05) is 5.32 Å². The fourth-order valence-electron chi connectivity index (χ4n) is 2.24. The molecule has 0 radical (unpaired) electrons. The summed E-state index contributed by atoms with van der Waals surface area (Å²) in [5.74, 6) is 6.22. The molecule has 0 aliphatic rings. The molecule has 0 saturated heterocycles. The smallest absolute Gasteiger partial charge is 0.113 e. The normalized spacial score (nSPS) is 11.5. The SMILES string of the molecule is CC#CC(Nc1cccc(Br)c1)c1cc(C)c(Cl)c(C)c1. The Kier molecular flexibility index (Phi) is 5.33. The largest absolute Gasteiger partial charge is 0.368 e. The van der Waals surface area contributed by atoms with Crippen molar-refractivity contribution in [3.8, 4) is 11.8 Å². The highest BCUT2D eigenvalue weighted by Crippen LogP contribution is 2.27. The first-order valence-electron chi connectivity index (χ1n) is 6.72. The highest BCUT2D eigenvalue weighted by atomic mass is 79.9. The predicted octanol–water partition coefficient (Wildman–Crippen LogP) is 5.90. The fourth-order valence-corrected chi connectivity index (χ4v) is 2.75. The Morgan fingerprint density at radius 3 is 2.38 bits per heavy atom. The Bertz CT molecular complexity index is 690. The van der Waals surface area contributed by atoms with Crippen LogP contribution in [0.3, 0.4) is 0 Å². The molecule has 3 heteroatoms. The van der Waals surface area contributed by atoms with Gasteiger partial charge in [-0.15, -0.1) is 5.92 Å². The molecule has 0 bridgehead atoms. The summed E-state index contributed by atoms with van der Waals surface area (Å²) in [6, 6.07) is 12.2. The Morgan fingerprint density at radius 1 is 1.14 bits per heavy atom. The van der Waals surface area contributed by atoms with E-state index in [1.165, 1.54) is 0 Å². The highest BCUT2D eigenvalue weighted by molar-refractivity contribution is 9.10. The number of rotatable bonds is 3. The van der Waals surface area contributed by atoms with Gasteiger partial charge in [-0.25, -0.2) is 0 Å². The van der Waals surface area contributed by atoms with Crippen LogP contribution in [-0.4, -0.2) is 0 Å². The maximum atomic E-state index is 6.25. The predicted molar refractivity (Wildman–Crippen MR) is 94.9 cm³/mol. The number of benzene rings is 2. The first-order chi connectivity index (χ1) is 10.0. The number of hydrogen-bond acceptors (Lipinski definition) is 1. The number of aryl methyl sites for hydroxylation is 2. The second kappa shape index (κ2) is 7.02. The number of hydrogen-bond donors (Lipinski definition) is 1. The minimum absolute atomic E-state index is 0.0565. The molecule has 0 aliphatic heterocycles. The van der Waals surface area contributed by atoms with Crippen molar-refractivity contribution in [2.24, 2.45) is 0 Å². The van der Waals surface area contributed by atoms with E-state index in [4.69, 9.17) is 11.6 Å². The maximum Gasteiger partial charge on any atom is 0.113 e. The fraction of sp³-hybridized carbons (Fsp3) is 0.222. The monoisotopic (exact) mass is 361 g/mol. The summed E-state index contributed by atoms with van der Waals surface area (Å²) in [7, 11) is 0. The Labute approximate surface area is 139 Å². The van der Waals surface area contributed by atoms with Crippen molar-refractivity contribution in [2.45, 2.75) is 26.8 Å². The Balaban J connectivity index is 2.37. The van der Waals surface area contributed by atoms with Gasteiger partial charge in [-0.2, -0.15) is 0 Å². The van der Waals surface area contributed by atoms with Crippen molar-refractivity contribution >= 4 is 33.2 Å². The Hall–Kier alpha value is -1.43. The summed E-state index contributed by atoms with van der Waals surface area (Å²) in [6.45, 7) is 5.90. The van der Waals surface area contributed by atoms with E-state index in [-0.39, 0.29) is 6.04 Å².